The normalized spacial score (nSPS) is 15.3. The van der Waals surface area contributed by atoms with Crippen LogP contribution in [-0.4, -0.2) is 40.0 Å². The number of benzene rings is 2. The number of Topliss-reactive ketones (excluding diaryl/α,β-unsaturated/α-hetero) is 1. The highest BCUT2D eigenvalue weighted by Gasteiger charge is 2.46. The molecular formula is C30H31N3O5S2. The molecule has 10 heteroatoms. The van der Waals surface area contributed by atoms with Crippen LogP contribution in [0.5, 0.6) is 11.5 Å². The minimum Gasteiger partial charge on any atom is -0.503 e. The summed E-state index contributed by atoms with van der Waals surface area (Å²) in [5.74, 6) is -0.338. The predicted octanol–water partition coefficient (Wildman–Crippen LogP) is 7.12. The van der Waals surface area contributed by atoms with E-state index in [1.807, 2.05) is 56.3 Å². The number of aryl methyl sites for hydroxylation is 2. The number of unbranched alkanes of at least 4 members (excludes halogenated alkanes) is 2. The number of aliphatic hydroxyl groups excluding tert-OH is 1. The van der Waals surface area contributed by atoms with Crippen molar-refractivity contribution >= 4 is 49.7 Å². The maximum absolute atomic E-state index is 13.9. The zero-order chi connectivity index (χ0) is 28.4. The molecule has 40 heavy (non-hydrogen) atoms. The number of fused-ring (bicyclic) bond motifs is 1. The molecule has 0 saturated heterocycles. The maximum Gasteiger partial charge on any atom is 0.296 e. The number of hydrogen-bond acceptors (Lipinski definition) is 9. The Morgan fingerprint density at radius 1 is 1.02 bits per heavy atom. The zero-order valence-corrected chi connectivity index (χ0v) is 24.5. The van der Waals surface area contributed by atoms with E-state index in [4.69, 9.17) is 14.5 Å². The number of ether oxygens (including phenoxy) is 2. The Labute approximate surface area is 240 Å². The third kappa shape index (κ3) is 5.33. The van der Waals surface area contributed by atoms with E-state index in [1.165, 1.54) is 27.6 Å². The number of carbonyl (C=O) groups is 2. The molecule has 1 N–H and O–H groups in total. The van der Waals surface area contributed by atoms with E-state index in [9.17, 15) is 14.7 Å². The largest absolute Gasteiger partial charge is 0.503 e. The van der Waals surface area contributed by atoms with Crippen LogP contribution in [0, 0.1) is 13.8 Å². The van der Waals surface area contributed by atoms with Gasteiger partial charge in [0.2, 0.25) is 5.78 Å². The quantitative estimate of drug-likeness (QED) is 0.150. The number of aromatic nitrogens is 2. The second-order valence-electron chi connectivity index (χ2n) is 9.50. The Morgan fingerprint density at radius 3 is 2.55 bits per heavy atom. The van der Waals surface area contributed by atoms with E-state index >= 15 is 0 Å². The van der Waals surface area contributed by atoms with Gasteiger partial charge in [0.15, 0.2) is 10.9 Å². The van der Waals surface area contributed by atoms with Crippen LogP contribution in [-0.2, 0) is 4.79 Å². The third-order valence-corrected chi connectivity index (χ3v) is 8.71. The number of nitrogens with zero attached hydrogens (tertiary/aromatic N) is 3. The van der Waals surface area contributed by atoms with Gasteiger partial charge in [-0.05, 0) is 63.1 Å². The molecule has 0 saturated carbocycles. The van der Waals surface area contributed by atoms with Crippen molar-refractivity contribution in [1.82, 2.24) is 9.97 Å². The molecule has 1 aliphatic heterocycles. The molecule has 0 aliphatic carbocycles. The van der Waals surface area contributed by atoms with Crippen molar-refractivity contribution in [2.75, 3.05) is 18.1 Å². The van der Waals surface area contributed by atoms with Gasteiger partial charge in [0.25, 0.3) is 5.91 Å². The predicted molar refractivity (Wildman–Crippen MR) is 158 cm³/mol. The number of ketones is 1. The number of rotatable bonds is 11. The standard InChI is InChI=1S/C30H31N3O5S2/c1-5-7-8-14-38-20-11-9-10-19(15-20)25-24(26(34)28-17(3)31-18(4)39-28)27(35)29(36)33(25)30-32-22-13-12-21(37-6-2)16-23(22)40-30/h9-13,15-16,25,35H,5-8,14H2,1-4H3. The molecule has 1 atom stereocenters. The van der Waals surface area contributed by atoms with Crippen molar-refractivity contribution in [3.63, 3.8) is 0 Å². The van der Waals surface area contributed by atoms with Crippen molar-refractivity contribution < 1.29 is 24.2 Å². The monoisotopic (exact) mass is 577 g/mol. The fourth-order valence-electron chi connectivity index (χ4n) is 4.78. The fraction of sp³-hybridized carbons (Fsp3) is 0.333. The van der Waals surface area contributed by atoms with Crippen molar-refractivity contribution in [1.29, 1.82) is 0 Å². The number of amides is 1. The number of thiazole rings is 2. The van der Waals surface area contributed by atoms with Gasteiger partial charge in [0.1, 0.15) is 11.5 Å². The number of anilines is 1. The van der Waals surface area contributed by atoms with Gasteiger partial charge in [-0.15, -0.1) is 11.3 Å². The lowest BCUT2D eigenvalue weighted by molar-refractivity contribution is -0.117. The van der Waals surface area contributed by atoms with E-state index in [0.717, 1.165) is 29.0 Å². The maximum atomic E-state index is 13.9. The lowest BCUT2D eigenvalue weighted by atomic mass is 9.95. The van der Waals surface area contributed by atoms with Crippen molar-refractivity contribution in [2.45, 2.75) is 53.0 Å². The minimum absolute atomic E-state index is 0.00847. The van der Waals surface area contributed by atoms with Gasteiger partial charge < -0.3 is 14.6 Å². The zero-order valence-electron chi connectivity index (χ0n) is 22.9. The van der Waals surface area contributed by atoms with Crippen molar-refractivity contribution in [3.05, 3.63) is 74.9 Å². The lowest BCUT2D eigenvalue weighted by Crippen LogP contribution is -2.31. The highest BCUT2D eigenvalue weighted by Crippen LogP contribution is 2.45. The Bertz CT molecular complexity index is 1610. The Kier molecular flexibility index (Phi) is 8.18. The number of carbonyl (C=O) groups excluding carboxylic acids is 2. The molecule has 4 aromatic rings. The molecule has 3 heterocycles. The van der Waals surface area contributed by atoms with Crippen LogP contribution in [0.15, 0.2) is 53.8 Å². The first-order valence-corrected chi connectivity index (χ1v) is 15.0. The summed E-state index contributed by atoms with van der Waals surface area (Å²) < 4.78 is 12.5. The highest BCUT2D eigenvalue weighted by atomic mass is 32.1. The van der Waals surface area contributed by atoms with Gasteiger partial charge in [0.05, 0.1) is 50.6 Å². The summed E-state index contributed by atoms with van der Waals surface area (Å²) in [6, 6.07) is 12.0. The summed E-state index contributed by atoms with van der Waals surface area (Å²) in [6.45, 7) is 8.72. The smallest absolute Gasteiger partial charge is 0.296 e. The highest BCUT2D eigenvalue weighted by molar-refractivity contribution is 7.22. The van der Waals surface area contributed by atoms with E-state index in [2.05, 4.69) is 11.9 Å². The molecule has 1 unspecified atom stereocenters. The van der Waals surface area contributed by atoms with Crippen LogP contribution < -0.4 is 14.4 Å². The Hall–Kier alpha value is -3.76. The molecule has 5 rings (SSSR count). The second-order valence-corrected chi connectivity index (χ2v) is 11.7. The first-order chi connectivity index (χ1) is 19.3. The summed E-state index contributed by atoms with van der Waals surface area (Å²) >= 11 is 2.55. The minimum atomic E-state index is -0.895. The summed E-state index contributed by atoms with van der Waals surface area (Å²) in [4.78, 5) is 38.5. The van der Waals surface area contributed by atoms with Crippen molar-refractivity contribution in [2.24, 2.45) is 0 Å². The molecule has 1 aliphatic rings. The molecule has 8 nitrogen and oxygen atoms in total. The van der Waals surface area contributed by atoms with E-state index < -0.39 is 23.5 Å². The van der Waals surface area contributed by atoms with Gasteiger partial charge in [-0.3, -0.25) is 14.5 Å². The lowest BCUT2D eigenvalue weighted by Gasteiger charge is -2.24. The molecule has 1 amide bonds. The van der Waals surface area contributed by atoms with E-state index in [-0.39, 0.29) is 5.57 Å². The Morgan fingerprint density at radius 2 is 1.82 bits per heavy atom. The summed E-state index contributed by atoms with van der Waals surface area (Å²) in [6.07, 6.45) is 3.08. The van der Waals surface area contributed by atoms with Gasteiger partial charge in [-0.25, -0.2) is 9.97 Å². The molecule has 0 bridgehead atoms. The fourth-order valence-corrected chi connectivity index (χ4v) is 6.68. The van der Waals surface area contributed by atoms with Gasteiger partial charge in [0, 0.05) is 0 Å². The summed E-state index contributed by atoms with van der Waals surface area (Å²) in [5.41, 5.74) is 1.90. The molecule has 0 fully saturated rings. The van der Waals surface area contributed by atoms with E-state index in [0.29, 0.717) is 51.5 Å². The summed E-state index contributed by atoms with van der Waals surface area (Å²) in [5, 5.41) is 12.3. The van der Waals surface area contributed by atoms with Gasteiger partial charge in [-0.2, -0.15) is 0 Å². The van der Waals surface area contributed by atoms with Gasteiger partial charge in [-0.1, -0.05) is 43.2 Å². The van der Waals surface area contributed by atoms with Crippen molar-refractivity contribution in [3.8, 4) is 11.5 Å². The number of aliphatic hydroxyl groups is 1. The first-order valence-electron chi connectivity index (χ1n) is 13.3. The SMILES string of the molecule is CCCCCOc1cccc(C2C(C(=O)c3sc(C)nc3C)=C(O)C(=O)N2c2nc3ccc(OCC)cc3s2)c1. The van der Waals surface area contributed by atoms with Crippen LogP contribution in [0.4, 0.5) is 5.13 Å². The average molecular weight is 578 g/mol. The Balaban J connectivity index is 1.60. The summed E-state index contributed by atoms with van der Waals surface area (Å²) in [7, 11) is 0. The molecule has 0 spiro atoms. The van der Waals surface area contributed by atoms with Crippen LogP contribution >= 0.6 is 22.7 Å². The molecule has 208 valence electrons. The molecule has 2 aromatic carbocycles. The molecule has 2 aromatic heterocycles. The topological polar surface area (TPSA) is 102 Å². The van der Waals surface area contributed by atoms with E-state index in [1.54, 1.807) is 6.92 Å². The van der Waals surface area contributed by atoms with Crippen LogP contribution in [0.1, 0.15) is 65.1 Å². The van der Waals surface area contributed by atoms with Crippen LogP contribution in [0.2, 0.25) is 0 Å². The second kappa shape index (κ2) is 11.8. The van der Waals surface area contributed by atoms with Crippen LogP contribution in [0.3, 0.4) is 0 Å². The first kappa shape index (κ1) is 27.8. The van der Waals surface area contributed by atoms with Crippen LogP contribution in [0.25, 0.3) is 10.2 Å². The van der Waals surface area contributed by atoms with Gasteiger partial charge >= 0.3 is 0 Å². The average Bonchev–Trinajstić information content (AvgIpc) is 3.59. The number of hydrogen-bond donors (Lipinski definition) is 1. The third-order valence-electron chi connectivity index (χ3n) is 6.62. The molecular weight excluding hydrogens is 546 g/mol. The molecule has 0 radical (unpaired) electrons.